The van der Waals surface area contributed by atoms with Gasteiger partial charge in [0.25, 0.3) is 5.91 Å². The number of hydrogen-bond donors (Lipinski definition) is 3. The van der Waals surface area contributed by atoms with Crippen LogP contribution in [0.1, 0.15) is 0 Å². The number of carbonyl (C=O) groups is 1. The molecule has 7 heteroatoms. The van der Waals surface area contributed by atoms with Crippen molar-refractivity contribution in [3.63, 3.8) is 0 Å². The van der Waals surface area contributed by atoms with E-state index in [1.54, 1.807) is 0 Å². The van der Waals surface area contributed by atoms with Crippen molar-refractivity contribution in [1.82, 2.24) is 0 Å². The lowest BCUT2D eigenvalue weighted by atomic mass is 10.2. The molecule has 0 aliphatic carbocycles. The van der Waals surface area contributed by atoms with E-state index < -0.39 is 17.7 Å². The summed E-state index contributed by atoms with van der Waals surface area (Å²) in [6.07, 6.45) is -5.00. The highest BCUT2D eigenvalue weighted by Crippen LogP contribution is 2.23. The second-order valence-electron chi connectivity index (χ2n) is 1.73. The minimum atomic E-state index is -5.00. The fourth-order valence-corrected chi connectivity index (χ4v) is 0.140. The van der Waals surface area contributed by atoms with Gasteiger partial charge in [-0.2, -0.15) is 13.2 Å². The van der Waals surface area contributed by atoms with E-state index in [1.165, 1.54) is 0 Å². The Kier molecular flexibility index (Phi) is 1.93. The summed E-state index contributed by atoms with van der Waals surface area (Å²) in [6, 6.07) is 0. The van der Waals surface area contributed by atoms with Crippen LogP contribution in [0.15, 0.2) is 0 Å². The van der Waals surface area contributed by atoms with Crippen LogP contribution in [0, 0.1) is 0 Å². The third-order valence-electron chi connectivity index (χ3n) is 0.877. The standard InChI is InChI=1S/C3H6F3N3O/c4-3(5,6)2(8,9)1(7)10/h8-9H2,(H2,7,10). The third-order valence-corrected chi connectivity index (χ3v) is 0.877. The molecule has 0 saturated carbocycles. The number of hydrogen-bond acceptors (Lipinski definition) is 3. The van der Waals surface area contributed by atoms with Gasteiger partial charge in [0.15, 0.2) is 0 Å². The van der Waals surface area contributed by atoms with Crippen molar-refractivity contribution < 1.29 is 18.0 Å². The first kappa shape index (κ1) is 9.18. The lowest BCUT2D eigenvalue weighted by Gasteiger charge is -2.22. The monoisotopic (exact) mass is 157 g/mol. The summed E-state index contributed by atoms with van der Waals surface area (Å²) in [7, 11) is 0. The summed E-state index contributed by atoms with van der Waals surface area (Å²) in [6.45, 7) is 0. The van der Waals surface area contributed by atoms with Crippen molar-refractivity contribution in [2.75, 3.05) is 0 Å². The summed E-state index contributed by atoms with van der Waals surface area (Å²) in [5.41, 5.74) is 9.45. The zero-order chi connectivity index (χ0) is 8.58. The first-order valence-corrected chi connectivity index (χ1v) is 2.14. The van der Waals surface area contributed by atoms with Gasteiger partial charge in [0, 0.05) is 0 Å². The third kappa shape index (κ3) is 1.36. The SMILES string of the molecule is NC(=O)C(N)(N)C(F)(F)F. The molecule has 0 unspecified atom stereocenters. The second-order valence-corrected chi connectivity index (χ2v) is 1.73. The van der Waals surface area contributed by atoms with Crippen molar-refractivity contribution in [2.45, 2.75) is 11.8 Å². The average molecular weight is 157 g/mol. The zero-order valence-electron chi connectivity index (χ0n) is 4.77. The molecule has 0 saturated heterocycles. The van der Waals surface area contributed by atoms with Crippen LogP contribution in [0.25, 0.3) is 0 Å². The van der Waals surface area contributed by atoms with Gasteiger partial charge in [0.2, 0.25) is 5.66 Å². The number of carbonyl (C=O) groups excluding carboxylic acids is 1. The summed E-state index contributed by atoms with van der Waals surface area (Å²) < 4.78 is 34.6. The molecule has 0 aliphatic heterocycles. The molecular weight excluding hydrogens is 151 g/mol. The molecule has 0 rings (SSSR count). The van der Waals surface area contributed by atoms with E-state index in [-0.39, 0.29) is 0 Å². The van der Waals surface area contributed by atoms with Crippen molar-refractivity contribution in [2.24, 2.45) is 17.2 Å². The fraction of sp³-hybridized carbons (Fsp3) is 0.667. The van der Waals surface area contributed by atoms with Crippen molar-refractivity contribution in [3.8, 4) is 0 Å². The molecule has 0 radical (unpaired) electrons. The summed E-state index contributed by atoms with van der Waals surface area (Å²) in [4.78, 5) is 9.92. The minimum Gasteiger partial charge on any atom is -0.367 e. The van der Waals surface area contributed by atoms with Crippen LogP contribution < -0.4 is 17.2 Å². The topological polar surface area (TPSA) is 95.1 Å². The molecular formula is C3H6F3N3O. The molecule has 0 aromatic heterocycles. The van der Waals surface area contributed by atoms with E-state index in [0.29, 0.717) is 0 Å². The lowest BCUT2D eigenvalue weighted by molar-refractivity contribution is -0.188. The van der Waals surface area contributed by atoms with Gasteiger partial charge in [-0.1, -0.05) is 0 Å². The molecule has 1 amide bonds. The highest BCUT2D eigenvalue weighted by Gasteiger charge is 2.54. The molecule has 0 aromatic rings. The van der Waals surface area contributed by atoms with E-state index in [9.17, 15) is 18.0 Å². The highest BCUT2D eigenvalue weighted by molar-refractivity contribution is 5.84. The molecule has 0 aliphatic rings. The van der Waals surface area contributed by atoms with Gasteiger partial charge in [-0.25, -0.2) is 0 Å². The number of nitrogens with two attached hydrogens (primary N) is 3. The Hall–Kier alpha value is -0.820. The Morgan fingerprint density at radius 1 is 1.20 bits per heavy atom. The number of primary amides is 1. The maximum Gasteiger partial charge on any atom is 0.428 e. The predicted molar refractivity (Wildman–Crippen MR) is 26.4 cm³/mol. The summed E-state index contributed by atoms with van der Waals surface area (Å²) in [5, 5.41) is 0. The quantitative estimate of drug-likeness (QED) is 0.410. The van der Waals surface area contributed by atoms with Gasteiger partial charge >= 0.3 is 6.18 Å². The van der Waals surface area contributed by atoms with Crippen molar-refractivity contribution in [1.29, 1.82) is 0 Å². The van der Waals surface area contributed by atoms with E-state index in [0.717, 1.165) is 0 Å². The van der Waals surface area contributed by atoms with E-state index in [1.807, 2.05) is 0 Å². The Morgan fingerprint density at radius 3 is 1.50 bits per heavy atom. The molecule has 0 aromatic carbocycles. The van der Waals surface area contributed by atoms with Crippen LogP contribution in [0.4, 0.5) is 13.2 Å². The van der Waals surface area contributed by atoms with E-state index in [2.05, 4.69) is 17.2 Å². The Labute approximate surface area is 54.1 Å². The van der Waals surface area contributed by atoms with Gasteiger partial charge in [-0.3, -0.25) is 16.3 Å². The summed E-state index contributed by atoms with van der Waals surface area (Å²) >= 11 is 0. The molecule has 0 fully saturated rings. The first-order chi connectivity index (χ1) is 4.19. The Morgan fingerprint density at radius 2 is 1.50 bits per heavy atom. The second kappa shape index (κ2) is 2.10. The molecule has 0 atom stereocenters. The summed E-state index contributed by atoms with van der Waals surface area (Å²) in [5.74, 6) is -1.81. The fourth-order valence-electron chi connectivity index (χ4n) is 0.140. The van der Waals surface area contributed by atoms with Crippen LogP contribution in [0.2, 0.25) is 0 Å². The number of halogens is 3. The highest BCUT2D eigenvalue weighted by atomic mass is 19.4. The van der Waals surface area contributed by atoms with Crippen LogP contribution >= 0.6 is 0 Å². The largest absolute Gasteiger partial charge is 0.428 e. The lowest BCUT2D eigenvalue weighted by Crippen LogP contribution is -2.68. The average Bonchev–Trinajstić information content (AvgIpc) is 1.62. The first-order valence-electron chi connectivity index (χ1n) is 2.14. The molecule has 0 spiro atoms. The van der Waals surface area contributed by atoms with Crippen molar-refractivity contribution in [3.05, 3.63) is 0 Å². The molecule has 6 N–H and O–H groups in total. The Bertz CT molecular complexity index is 152. The van der Waals surface area contributed by atoms with Crippen LogP contribution in [-0.4, -0.2) is 17.7 Å². The van der Waals surface area contributed by atoms with Crippen LogP contribution in [0.3, 0.4) is 0 Å². The van der Waals surface area contributed by atoms with Crippen LogP contribution in [0.5, 0.6) is 0 Å². The maximum atomic E-state index is 11.5. The normalized spacial score (nSPS) is 13.3. The molecule has 0 heterocycles. The molecule has 10 heavy (non-hydrogen) atoms. The minimum absolute atomic E-state index is 1.81. The predicted octanol–water partition coefficient (Wildman–Crippen LogP) is -1.35. The zero-order valence-corrected chi connectivity index (χ0v) is 4.77. The number of rotatable bonds is 1. The van der Waals surface area contributed by atoms with Gasteiger partial charge in [0.1, 0.15) is 0 Å². The van der Waals surface area contributed by atoms with Gasteiger partial charge in [-0.15, -0.1) is 0 Å². The van der Waals surface area contributed by atoms with Crippen LogP contribution in [-0.2, 0) is 4.79 Å². The van der Waals surface area contributed by atoms with Gasteiger partial charge < -0.3 is 5.73 Å². The van der Waals surface area contributed by atoms with Gasteiger partial charge in [-0.05, 0) is 0 Å². The molecule has 0 bridgehead atoms. The number of amides is 1. The van der Waals surface area contributed by atoms with E-state index >= 15 is 0 Å². The smallest absolute Gasteiger partial charge is 0.367 e. The Balaban J connectivity index is 4.57. The molecule has 60 valence electrons. The van der Waals surface area contributed by atoms with Crippen molar-refractivity contribution >= 4 is 5.91 Å². The number of alkyl halides is 3. The molecule has 4 nitrogen and oxygen atoms in total. The van der Waals surface area contributed by atoms with E-state index in [4.69, 9.17) is 0 Å². The maximum absolute atomic E-state index is 11.5. The van der Waals surface area contributed by atoms with Gasteiger partial charge in [0.05, 0.1) is 0 Å².